The fourth-order valence-electron chi connectivity index (χ4n) is 1.12. The van der Waals surface area contributed by atoms with Gasteiger partial charge in [0, 0.05) is 6.26 Å². The summed E-state index contributed by atoms with van der Waals surface area (Å²) < 4.78 is 12.1. The maximum Gasteiger partial charge on any atom is 0.0946 e. The lowest BCUT2D eigenvalue weighted by atomic mass is 10.2. The highest BCUT2D eigenvalue weighted by Gasteiger charge is 2.07. The Hall–Kier alpha value is -0.740. The maximum atomic E-state index is 11.3. The van der Waals surface area contributed by atoms with Crippen LogP contribution in [0.1, 0.15) is 5.56 Å². The number of benzene rings is 1. The van der Waals surface area contributed by atoms with Gasteiger partial charge in [-0.1, -0.05) is 30.3 Å². The van der Waals surface area contributed by atoms with Crippen molar-refractivity contribution in [2.45, 2.75) is 0 Å². The predicted molar refractivity (Wildman–Crippen MR) is 65.1 cm³/mol. The maximum absolute atomic E-state index is 11.3. The van der Waals surface area contributed by atoms with Crippen molar-refractivity contribution in [3.8, 4) is 0 Å². The van der Waals surface area contributed by atoms with E-state index in [2.05, 4.69) is 0 Å². The van der Waals surface area contributed by atoms with Crippen molar-refractivity contribution in [2.75, 3.05) is 12.5 Å². The fraction of sp³-hybridized carbons (Fsp3) is 0.200. The van der Waals surface area contributed by atoms with Crippen LogP contribution in [0.2, 0.25) is 0 Å². The largest absolute Gasteiger partial charge is 0.397 e. The van der Waals surface area contributed by atoms with Crippen LogP contribution in [0.5, 0.6) is 0 Å². The molecule has 1 aromatic rings. The molecule has 2 N–H and O–H groups in total. The normalized spacial score (nSPS) is 14.7. The monoisotopic (exact) mass is 227 g/mol. The Bertz CT molecular complexity index is 360. The van der Waals surface area contributed by atoms with Crippen LogP contribution in [-0.4, -0.2) is 16.7 Å². The van der Waals surface area contributed by atoms with Gasteiger partial charge in [0.15, 0.2) is 0 Å². The molecule has 1 unspecified atom stereocenters. The van der Waals surface area contributed by atoms with Gasteiger partial charge in [0.25, 0.3) is 0 Å². The third-order valence-corrected chi connectivity index (χ3v) is 4.29. The van der Waals surface area contributed by atoms with Crippen molar-refractivity contribution in [3.05, 3.63) is 40.1 Å². The van der Waals surface area contributed by atoms with Crippen LogP contribution < -0.4 is 5.73 Å². The minimum Gasteiger partial charge on any atom is -0.397 e. The predicted octanol–water partition coefficient (Wildman–Crippen LogP) is 2.01. The van der Waals surface area contributed by atoms with Crippen LogP contribution in [0.4, 0.5) is 0 Å². The molecule has 0 aromatic heterocycles. The molecule has 76 valence electrons. The quantitative estimate of drug-likeness (QED) is 0.859. The number of thioether (sulfide) groups is 1. The van der Waals surface area contributed by atoms with Gasteiger partial charge in [-0.2, -0.15) is 0 Å². The van der Waals surface area contributed by atoms with Gasteiger partial charge < -0.3 is 5.73 Å². The van der Waals surface area contributed by atoms with E-state index in [1.54, 1.807) is 6.26 Å². The molecule has 2 nitrogen and oxygen atoms in total. The first kappa shape index (κ1) is 11.3. The molecule has 0 spiro atoms. The summed E-state index contributed by atoms with van der Waals surface area (Å²) in [6, 6.07) is 9.59. The lowest BCUT2D eigenvalue weighted by Crippen LogP contribution is -2.02. The Balaban J connectivity index is 3.15. The Labute approximate surface area is 91.0 Å². The molecule has 0 aliphatic heterocycles. The summed E-state index contributed by atoms with van der Waals surface area (Å²) in [6.07, 6.45) is 3.52. The lowest BCUT2D eigenvalue weighted by molar-refractivity contribution is 0.691. The van der Waals surface area contributed by atoms with Gasteiger partial charge in [-0.15, -0.1) is 11.8 Å². The molecule has 0 heterocycles. The minimum atomic E-state index is -1.02. The van der Waals surface area contributed by atoms with Crippen LogP contribution in [0.3, 0.4) is 0 Å². The topological polar surface area (TPSA) is 43.1 Å². The molecule has 1 atom stereocenters. The molecule has 0 saturated heterocycles. The van der Waals surface area contributed by atoms with Gasteiger partial charge in [-0.3, -0.25) is 4.21 Å². The standard InChI is InChI=1S/C10H13NOS2/c1-13-10(14(2)12)9(11)8-6-4-3-5-7-8/h3-7H,11H2,1-2H3. The van der Waals surface area contributed by atoms with Crippen LogP contribution in [-0.2, 0) is 10.8 Å². The zero-order chi connectivity index (χ0) is 10.6. The van der Waals surface area contributed by atoms with Gasteiger partial charge in [0.05, 0.1) is 20.7 Å². The van der Waals surface area contributed by atoms with E-state index < -0.39 is 10.8 Å². The van der Waals surface area contributed by atoms with Crippen molar-refractivity contribution in [1.29, 1.82) is 0 Å². The van der Waals surface area contributed by atoms with E-state index >= 15 is 0 Å². The molecule has 0 fully saturated rings. The van der Waals surface area contributed by atoms with Crippen LogP contribution >= 0.6 is 11.8 Å². The van der Waals surface area contributed by atoms with Crippen LogP contribution in [0.25, 0.3) is 5.70 Å². The third kappa shape index (κ3) is 2.62. The van der Waals surface area contributed by atoms with E-state index in [4.69, 9.17) is 5.73 Å². The lowest BCUT2D eigenvalue weighted by Gasteiger charge is -2.06. The summed E-state index contributed by atoms with van der Waals surface area (Å²) in [5.41, 5.74) is 7.45. The van der Waals surface area contributed by atoms with E-state index in [1.165, 1.54) is 11.8 Å². The Morgan fingerprint density at radius 2 is 1.93 bits per heavy atom. The van der Waals surface area contributed by atoms with Gasteiger partial charge >= 0.3 is 0 Å². The molecule has 14 heavy (non-hydrogen) atoms. The highest BCUT2D eigenvalue weighted by atomic mass is 32.2. The van der Waals surface area contributed by atoms with E-state index in [9.17, 15) is 4.21 Å². The van der Waals surface area contributed by atoms with Gasteiger partial charge in [0.2, 0.25) is 0 Å². The van der Waals surface area contributed by atoms with Crippen molar-refractivity contribution >= 4 is 28.3 Å². The first-order valence-corrected chi connectivity index (χ1v) is 6.87. The van der Waals surface area contributed by atoms with E-state index in [0.717, 1.165) is 9.80 Å². The first-order valence-electron chi connectivity index (χ1n) is 4.09. The third-order valence-electron chi connectivity index (χ3n) is 1.75. The summed E-state index contributed by atoms with van der Waals surface area (Å²) >= 11 is 1.44. The number of hydrogen-bond acceptors (Lipinski definition) is 3. The molecule has 1 aromatic carbocycles. The second-order valence-corrected chi connectivity index (χ2v) is 5.12. The molecule has 0 bridgehead atoms. The molecular formula is C10H13NOS2. The highest BCUT2D eigenvalue weighted by molar-refractivity contribution is 8.16. The summed E-state index contributed by atoms with van der Waals surface area (Å²) in [6.45, 7) is 0. The number of nitrogens with two attached hydrogens (primary N) is 1. The van der Waals surface area contributed by atoms with E-state index in [0.29, 0.717) is 5.70 Å². The first-order chi connectivity index (χ1) is 6.66. The molecule has 1 rings (SSSR count). The average molecular weight is 227 g/mol. The Morgan fingerprint density at radius 3 is 2.36 bits per heavy atom. The average Bonchev–Trinajstić information content (AvgIpc) is 2.19. The molecule has 0 aliphatic rings. The number of rotatable bonds is 3. The Morgan fingerprint density at radius 1 is 1.36 bits per heavy atom. The molecule has 4 heteroatoms. The van der Waals surface area contributed by atoms with Crippen molar-refractivity contribution in [3.63, 3.8) is 0 Å². The zero-order valence-corrected chi connectivity index (χ0v) is 9.82. The molecule has 0 saturated carbocycles. The smallest absolute Gasteiger partial charge is 0.0946 e. The van der Waals surface area contributed by atoms with Crippen LogP contribution in [0, 0.1) is 0 Å². The van der Waals surface area contributed by atoms with Crippen LogP contribution in [0.15, 0.2) is 34.6 Å². The molecule has 0 amide bonds. The van der Waals surface area contributed by atoms with E-state index in [-0.39, 0.29) is 0 Å². The van der Waals surface area contributed by atoms with Gasteiger partial charge in [-0.25, -0.2) is 0 Å². The van der Waals surface area contributed by atoms with Crippen molar-refractivity contribution < 1.29 is 4.21 Å². The second kappa shape index (κ2) is 5.22. The fourth-order valence-corrected chi connectivity index (χ4v) is 2.82. The highest BCUT2D eigenvalue weighted by Crippen LogP contribution is 2.23. The Kier molecular flexibility index (Phi) is 4.22. The number of hydrogen-bond donors (Lipinski definition) is 1. The molecule has 0 radical (unpaired) electrons. The summed E-state index contributed by atoms with van der Waals surface area (Å²) in [5.74, 6) is 0. The second-order valence-electron chi connectivity index (χ2n) is 2.73. The SMILES string of the molecule is CSC(=C(N)c1ccccc1)S(C)=O. The van der Waals surface area contributed by atoms with Gasteiger partial charge in [-0.05, 0) is 11.8 Å². The van der Waals surface area contributed by atoms with E-state index in [1.807, 2.05) is 36.6 Å². The summed E-state index contributed by atoms with van der Waals surface area (Å²) in [4.78, 5) is 0. The molecular weight excluding hydrogens is 214 g/mol. The molecule has 0 aliphatic carbocycles. The zero-order valence-electron chi connectivity index (χ0n) is 8.19. The summed E-state index contributed by atoms with van der Waals surface area (Å²) in [5, 5.41) is 0. The minimum absolute atomic E-state index is 0.610. The van der Waals surface area contributed by atoms with Gasteiger partial charge in [0.1, 0.15) is 0 Å². The van der Waals surface area contributed by atoms with Crippen molar-refractivity contribution in [2.24, 2.45) is 5.73 Å². The van der Waals surface area contributed by atoms with Crippen molar-refractivity contribution in [1.82, 2.24) is 0 Å². The summed E-state index contributed by atoms with van der Waals surface area (Å²) in [7, 11) is -1.02.